The van der Waals surface area contributed by atoms with Gasteiger partial charge in [0, 0.05) is 42.3 Å². The van der Waals surface area contributed by atoms with Crippen molar-refractivity contribution in [2.45, 2.75) is 32.4 Å². The lowest BCUT2D eigenvalue weighted by Crippen LogP contribution is -2.46. The number of nitrogens with zero attached hydrogens (tertiary/aromatic N) is 6. The number of hydrogen-bond donors (Lipinski definition) is 2. The molecular weight excluding hydrogens is 432 g/mol. The number of primary amides is 1. The minimum absolute atomic E-state index is 0.0150. The van der Waals surface area contributed by atoms with Crippen molar-refractivity contribution in [1.82, 2.24) is 19.9 Å². The number of urea groups is 1. The van der Waals surface area contributed by atoms with Gasteiger partial charge in [-0.05, 0) is 50.6 Å². The Labute approximate surface area is 198 Å². The number of nitrogens with two attached hydrogens (primary N) is 1. The van der Waals surface area contributed by atoms with Crippen molar-refractivity contribution >= 4 is 23.5 Å². The highest BCUT2D eigenvalue weighted by Crippen LogP contribution is 2.37. The summed E-state index contributed by atoms with van der Waals surface area (Å²) in [6.07, 6.45) is 4.33. The van der Waals surface area contributed by atoms with Gasteiger partial charge in [0.15, 0.2) is 5.82 Å². The number of fused-ring (bicyclic) bond motifs is 1. The van der Waals surface area contributed by atoms with E-state index in [0.29, 0.717) is 30.7 Å². The first-order chi connectivity index (χ1) is 16.5. The third-order valence-corrected chi connectivity index (χ3v) is 6.34. The molecule has 10 heteroatoms. The first-order valence-corrected chi connectivity index (χ1v) is 11.5. The van der Waals surface area contributed by atoms with Crippen LogP contribution in [-0.4, -0.2) is 58.3 Å². The molecule has 0 bridgehead atoms. The van der Waals surface area contributed by atoms with Gasteiger partial charge < -0.3 is 25.6 Å². The number of amides is 2. The molecule has 3 N–H and O–H groups in total. The first kappa shape index (κ1) is 22.0. The highest BCUT2D eigenvalue weighted by Gasteiger charge is 2.33. The molecule has 1 aromatic carbocycles. The Hall–Kier alpha value is -3.79. The van der Waals surface area contributed by atoms with Crippen LogP contribution in [0.2, 0.25) is 0 Å². The summed E-state index contributed by atoms with van der Waals surface area (Å²) < 4.78 is 5.68. The minimum Gasteiger partial charge on any atom is -0.377 e. The zero-order valence-corrected chi connectivity index (χ0v) is 19.3. The summed E-state index contributed by atoms with van der Waals surface area (Å²) in [4.78, 5) is 34.7. The summed E-state index contributed by atoms with van der Waals surface area (Å²) in [5, 5.41) is 2.59. The summed E-state index contributed by atoms with van der Waals surface area (Å²) in [5.41, 5.74) is 8.87. The van der Waals surface area contributed by atoms with E-state index in [1.165, 1.54) is 5.56 Å². The Morgan fingerprint density at radius 2 is 1.85 bits per heavy atom. The van der Waals surface area contributed by atoms with Gasteiger partial charge in [0.2, 0.25) is 5.95 Å². The average molecular weight is 461 g/mol. The van der Waals surface area contributed by atoms with E-state index in [9.17, 15) is 4.79 Å². The normalized spacial score (nSPS) is 20.1. The molecule has 2 aliphatic rings. The molecule has 34 heavy (non-hydrogen) atoms. The van der Waals surface area contributed by atoms with Gasteiger partial charge in [-0.2, -0.15) is 0 Å². The number of benzene rings is 1. The topological polar surface area (TPSA) is 122 Å². The van der Waals surface area contributed by atoms with Crippen molar-refractivity contribution in [2.24, 2.45) is 5.73 Å². The van der Waals surface area contributed by atoms with Gasteiger partial charge in [-0.3, -0.25) is 0 Å². The summed E-state index contributed by atoms with van der Waals surface area (Å²) in [7, 11) is 0. The van der Waals surface area contributed by atoms with E-state index in [2.05, 4.69) is 38.9 Å². The SMILES string of the molecule is C[C@H]1COCCN1c1nc(-c2ccc(NC(N)=O)cc2)nc2c1CCN(c1ncccn1)[C@H]2C. The van der Waals surface area contributed by atoms with Crippen LogP contribution in [0.3, 0.4) is 0 Å². The van der Waals surface area contributed by atoms with Crippen LogP contribution in [0.5, 0.6) is 0 Å². The van der Waals surface area contributed by atoms with Gasteiger partial charge in [0.05, 0.1) is 31.0 Å². The molecule has 0 spiro atoms. The molecule has 4 heterocycles. The molecule has 0 radical (unpaired) electrons. The van der Waals surface area contributed by atoms with Crippen LogP contribution in [0, 0.1) is 0 Å². The van der Waals surface area contributed by atoms with Gasteiger partial charge in [-0.1, -0.05) is 0 Å². The van der Waals surface area contributed by atoms with Crippen molar-refractivity contribution in [3.63, 3.8) is 0 Å². The van der Waals surface area contributed by atoms with Crippen LogP contribution in [0.1, 0.15) is 31.1 Å². The Kier molecular flexibility index (Phi) is 5.97. The van der Waals surface area contributed by atoms with Crippen LogP contribution in [0.25, 0.3) is 11.4 Å². The second kappa shape index (κ2) is 9.22. The minimum atomic E-state index is -0.599. The molecule has 2 atom stereocenters. The summed E-state index contributed by atoms with van der Waals surface area (Å²) in [6, 6.07) is 8.81. The van der Waals surface area contributed by atoms with Gasteiger partial charge in [0.1, 0.15) is 5.82 Å². The van der Waals surface area contributed by atoms with E-state index in [1.54, 1.807) is 24.5 Å². The third kappa shape index (κ3) is 4.24. The van der Waals surface area contributed by atoms with Crippen LogP contribution in [0.4, 0.5) is 22.2 Å². The van der Waals surface area contributed by atoms with Crippen molar-refractivity contribution in [3.8, 4) is 11.4 Å². The molecular formula is C24H28N8O2. The maximum Gasteiger partial charge on any atom is 0.316 e. The zero-order valence-electron chi connectivity index (χ0n) is 19.3. The predicted molar refractivity (Wildman–Crippen MR) is 130 cm³/mol. The number of nitrogens with one attached hydrogen (secondary N) is 1. The third-order valence-electron chi connectivity index (χ3n) is 6.34. The Bertz CT molecular complexity index is 1170. The van der Waals surface area contributed by atoms with Gasteiger partial charge in [0.25, 0.3) is 0 Å². The number of rotatable bonds is 4. The van der Waals surface area contributed by atoms with E-state index in [0.717, 1.165) is 36.6 Å². The molecule has 10 nitrogen and oxygen atoms in total. The first-order valence-electron chi connectivity index (χ1n) is 11.5. The van der Waals surface area contributed by atoms with Crippen molar-refractivity contribution in [3.05, 3.63) is 54.0 Å². The second-order valence-corrected chi connectivity index (χ2v) is 8.59. The number of anilines is 3. The molecule has 1 fully saturated rings. The number of carbonyl (C=O) groups excluding carboxylic acids is 1. The Morgan fingerprint density at radius 1 is 1.09 bits per heavy atom. The molecule has 0 unspecified atom stereocenters. The van der Waals surface area contributed by atoms with Gasteiger partial charge >= 0.3 is 6.03 Å². The number of aromatic nitrogens is 4. The highest BCUT2D eigenvalue weighted by molar-refractivity contribution is 5.88. The lowest BCUT2D eigenvalue weighted by Gasteiger charge is -2.39. The second-order valence-electron chi connectivity index (χ2n) is 8.59. The van der Waals surface area contributed by atoms with Crippen molar-refractivity contribution in [2.75, 3.05) is 41.4 Å². The summed E-state index contributed by atoms with van der Waals surface area (Å²) >= 11 is 0. The lowest BCUT2D eigenvalue weighted by molar-refractivity contribution is 0.0984. The quantitative estimate of drug-likeness (QED) is 0.609. The fourth-order valence-electron chi connectivity index (χ4n) is 4.61. The molecule has 5 rings (SSSR count). The van der Waals surface area contributed by atoms with Gasteiger partial charge in [-0.15, -0.1) is 0 Å². The maximum absolute atomic E-state index is 11.2. The molecule has 176 valence electrons. The molecule has 2 aliphatic heterocycles. The number of ether oxygens (including phenoxy) is 1. The fraction of sp³-hybridized carbons (Fsp3) is 0.375. The van der Waals surface area contributed by atoms with E-state index < -0.39 is 6.03 Å². The molecule has 0 aliphatic carbocycles. The van der Waals surface area contributed by atoms with E-state index >= 15 is 0 Å². The van der Waals surface area contributed by atoms with E-state index in [4.69, 9.17) is 20.4 Å². The maximum atomic E-state index is 11.2. The summed E-state index contributed by atoms with van der Waals surface area (Å²) in [5.74, 6) is 2.31. The number of carbonyl (C=O) groups is 1. The largest absolute Gasteiger partial charge is 0.377 e. The van der Waals surface area contributed by atoms with E-state index in [-0.39, 0.29) is 12.1 Å². The lowest BCUT2D eigenvalue weighted by atomic mass is 9.97. The van der Waals surface area contributed by atoms with Crippen molar-refractivity contribution < 1.29 is 9.53 Å². The molecule has 2 amide bonds. The fourth-order valence-corrected chi connectivity index (χ4v) is 4.61. The van der Waals surface area contributed by atoms with Crippen LogP contribution < -0.4 is 20.9 Å². The number of morpholine rings is 1. The average Bonchev–Trinajstić information content (AvgIpc) is 2.85. The van der Waals surface area contributed by atoms with Gasteiger partial charge in [-0.25, -0.2) is 24.7 Å². The predicted octanol–water partition coefficient (Wildman–Crippen LogP) is 2.77. The Morgan fingerprint density at radius 3 is 2.56 bits per heavy atom. The standard InChI is InChI=1S/C24H28N8O2/c1-15-14-34-13-12-31(15)22-19-8-11-32(24-26-9-3-10-27-24)16(2)20(19)29-21(30-22)17-4-6-18(7-5-17)28-23(25)33/h3-7,9-10,15-16H,8,11-14H2,1-2H3,(H3,25,28,33)/t15-,16-/m0/s1. The molecule has 3 aromatic rings. The number of hydrogen-bond acceptors (Lipinski definition) is 8. The molecule has 2 aromatic heterocycles. The molecule has 0 saturated carbocycles. The zero-order chi connectivity index (χ0) is 23.7. The smallest absolute Gasteiger partial charge is 0.316 e. The van der Waals surface area contributed by atoms with Crippen LogP contribution in [0.15, 0.2) is 42.7 Å². The van der Waals surface area contributed by atoms with E-state index in [1.807, 2.05) is 18.2 Å². The monoisotopic (exact) mass is 460 g/mol. The van der Waals surface area contributed by atoms with Crippen LogP contribution in [-0.2, 0) is 11.2 Å². The van der Waals surface area contributed by atoms with Crippen molar-refractivity contribution in [1.29, 1.82) is 0 Å². The molecule has 1 saturated heterocycles. The van der Waals surface area contributed by atoms with Crippen LogP contribution >= 0.6 is 0 Å². The highest BCUT2D eigenvalue weighted by atomic mass is 16.5. The Balaban J connectivity index is 1.58. The summed E-state index contributed by atoms with van der Waals surface area (Å²) in [6.45, 7) is 7.21.